The molecule has 0 saturated carbocycles. The van der Waals surface area contributed by atoms with E-state index in [4.69, 9.17) is 21.1 Å². The van der Waals surface area contributed by atoms with Gasteiger partial charge in [-0.2, -0.15) is 0 Å². The smallest absolute Gasteiger partial charge is 0.319 e. The second-order valence-corrected chi connectivity index (χ2v) is 10.7. The van der Waals surface area contributed by atoms with Crippen molar-refractivity contribution in [3.63, 3.8) is 0 Å². The van der Waals surface area contributed by atoms with Crippen molar-refractivity contribution in [1.82, 2.24) is 15.5 Å². The first-order valence-electron chi connectivity index (χ1n) is 13.8. The number of hydrogen-bond acceptors (Lipinski definition) is 7. The van der Waals surface area contributed by atoms with Crippen LogP contribution >= 0.6 is 11.6 Å². The van der Waals surface area contributed by atoms with Crippen molar-refractivity contribution in [3.8, 4) is 11.5 Å². The number of urea groups is 1. The Morgan fingerprint density at radius 1 is 1.09 bits per heavy atom. The summed E-state index contributed by atoms with van der Waals surface area (Å²) in [4.78, 5) is 62.8. The summed E-state index contributed by atoms with van der Waals surface area (Å²) >= 11 is 6.18. The van der Waals surface area contributed by atoms with Crippen LogP contribution in [0.25, 0.3) is 0 Å². The number of nitrogens with one attached hydrogen (secondary N) is 4. The molecule has 2 heterocycles. The summed E-state index contributed by atoms with van der Waals surface area (Å²) in [5, 5.41) is 11.0. The van der Waals surface area contributed by atoms with E-state index in [0.29, 0.717) is 56.6 Å². The molecule has 1 unspecified atom stereocenters. The van der Waals surface area contributed by atoms with E-state index in [2.05, 4.69) is 21.3 Å². The van der Waals surface area contributed by atoms with Gasteiger partial charge in [0.25, 0.3) is 5.91 Å². The molecule has 0 aliphatic carbocycles. The van der Waals surface area contributed by atoms with E-state index in [1.54, 1.807) is 48.5 Å². The second-order valence-electron chi connectivity index (χ2n) is 10.3. The van der Waals surface area contributed by atoms with Crippen molar-refractivity contribution in [2.24, 2.45) is 0 Å². The van der Waals surface area contributed by atoms with Gasteiger partial charge in [0, 0.05) is 57.7 Å². The number of nitrogens with zero attached hydrogens (tertiary/aromatic N) is 1. The highest BCUT2D eigenvalue weighted by molar-refractivity contribution is 6.31. The van der Waals surface area contributed by atoms with Crippen molar-refractivity contribution in [1.29, 1.82) is 0 Å². The minimum atomic E-state index is -0.799. The van der Waals surface area contributed by atoms with Gasteiger partial charge < -0.3 is 30.3 Å². The topological polar surface area (TPSA) is 155 Å². The van der Waals surface area contributed by atoms with Crippen LogP contribution in [0.3, 0.4) is 0 Å². The molecule has 228 valence electrons. The highest BCUT2D eigenvalue weighted by atomic mass is 35.5. The molecule has 44 heavy (non-hydrogen) atoms. The normalized spacial score (nSPS) is 15.8. The fourth-order valence-corrected chi connectivity index (χ4v) is 5.35. The predicted octanol–water partition coefficient (Wildman–Crippen LogP) is 3.89. The Morgan fingerprint density at radius 3 is 2.59 bits per heavy atom. The summed E-state index contributed by atoms with van der Waals surface area (Å²) < 4.78 is 11.8. The molecule has 0 bridgehead atoms. The number of imide groups is 1. The van der Waals surface area contributed by atoms with Gasteiger partial charge in [0.2, 0.25) is 18.2 Å². The Balaban J connectivity index is 1.41. The number of halogens is 1. The summed E-state index contributed by atoms with van der Waals surface area (Å²) in [6.07, 6.45) is 0.911. The van der Waals surface area contributed by atoms with Crippen molar-refractivity contribution in [2.75, 3.05) is 17.7 Å². The zero-order valence-corrected chi connectivity index (χ0v) is 24.7. The minimum absolute atomic E-state index is 0.0364. The van der Waals surface area contributed by atoms with Crippen molar-refractivity contribution >= 4 is 53.1 Å². The van der Waals surface area contributed by atoms with Gasteiger partial charge in [-0.15, -0.1) is 0 Å². The highest BCUT2D eigenvalue weighted by Gasteiger charge is 2.40. The van der Waals surface area contributed by atoms with Crippen LogP contribution in [0.15, 0.2) is 48.5 Å². The maximum atomic E-state index is 13.4. The molecule has 12 nitrogen and oxygen atoms in total. The van der Waals surface area contributed by atoms with Crippen molar-refractivity contribution in [2.45, 2.75) is 45.5 Å². The molecule has 3 aromatic rings. The zero-order valence-electron chi connectivity index (χ0n) is 24.0. The molecule has 0 spiro atoms. The Morgan fingerprint density at radius 2 is 1.86 bits per heavy atom. The number of hydrogen-bond donors (Lipinski definition) is 4. The van der Waals surface area contributed by atoms with E-state index in [0.717, 1.165) is 5.56 Å². The number of amides is 6. The fraction of sp³-hybridized carbons (Fsp3) is 0.258. The molecule has 4 N–H and O–H groups in total. The van der Waals surface area contributed by atoms with Gasteiger partial charge in [0.1, 0.15) is 24.1 Å². The molecular formula is C31H30ClN5O7. The summed E-state index contributed by atoms with van der Waals surface area (Å²) in [5.74, 6) is -0.395. The van der Waals surface area contributed by atoms with E-state index in [1.165, 1.54) is 12.0 Å². The van der Waals surface area contributed by atoms with Crippen LogP contribution in [0.2, 0.25) is 5.02 Å². The SMILES string of the molecule is COc1cc(NC=O)ccc1COc1c(CNC(=O)Nc2ccc(C)c(Cl)c2)ccc2c1CN(C1CCC(=O)NC1=O)C2=O. The maximum absolute atomic E-state index is 13.4. The van der Waals surface area contributed by atoms with E-state index in [9.17, 15) is 24.0 Å². The Labute approximate surface area is 258 Å². The molecule has 2 aliphatic heterocycles. The third-order valence-corrected chi connectivity index (χ3v) is 7.91. The van der Waals surface area contributed by atoms with E-state index >= 15 is 0 Å². The Bertz CT molecular complexity index is 1660. The number of piperidine rings is 1. The van der Waals surface area contributed by atoms with Crippen LogP contribution in [-0.4, -0.2) is 48.2 Å². The van der Waals surface area contributed by atoms with Crippen LogP contribution in [0.4, 0.5) is 16.2 Å². The first-order valence-corrected chi connectivity index (χ1v) is 14.2. The third-order valence-electron chi connectivity index (χ3n) is 7.50. The maximum Gasteiger partial charge on any atom is 0.319 e. The molecule has 0 radical (unpaired) electrons. The standard InChI is InChI=1S/C31H30ClN5O7/c1-17-3-6-21(11-24(17)32)35-31(42)33-13-18-5-8-22-23(14-37(30(22)41)25-9-10-27(39)36-29(25)40)28(18)44-15-19-4-7-20(34-16-38)12-26(19)43-2/h3-8,11-12,16,25H,9-10,13-15H2,1-2H3,(H,34,38)(H2,33,35,42)(H,36,39,40). The van der Waals surface area contributed by atoms with Gasteiger partial charge in [0.05, 0.1) is 13.7 Å². The van der Waals surface area contributed by atoms with Gasteiger partial charge in [-0.1, -0.05) is 23.7 Å². The monoisotopic (exact) mass is 619 g/mol. The van der Waals surface area contributed by atoms with Crippen molar-refractivity contribution < 1.29 is 33.4 Å². The number of ether oxygens (including phenoxy) is 2. The molecule has 1 fully saturated rings. The predicted molar refractivity (Wildman–Crippen MR) is 162 cm³/mol. The average Bonchev–Trinajstić information content (AvgIpc) is 3.33. The highest BCUT2D eigenvalue weighted by Crippen LogP contribution is 2.37. The van der Waals surface area contributed by atoms with Crippen LogP contribution < -0.4 is 30.7 Å². The number of aryl methyl sites for hydroxylation is 1. The van der Waals surface area contributed by atoms with E-state index < -0.39 is 18.0 Å². The Kier molecular flexibility index (Phi) is 9.00. The second kappa shape index (κ2) is 13.0. The first kappa shape index (κ1) is 30.4. The van der Waals surface area contributed by atoms with Crippen molar-refractivity contribution in [3.05, 3.63) is 81.4 Å². The number of benzene rings is 3. The molecule has 0 aromatic heterocycles. The lowest BCUT2D eigenvalue weighted by Gasteiger charge is -2.29. The lowest BCUT2D eigenvalue weighted by molar-refractivity contribution is -0.136. The molecule has 1 saturated heterocycles. The number of fused-ring (bicyclic) bond motifs is 1. The molecule has 5 rings (SSSR count). The zero-order chi connectivity index (χ0) is 31.4. The van der Waals surface area contributed by atoms with Gasteiger partial charge in [-0.05, 0) is 49.2 Å². The number of carbonyl (C=O) groups excluding carboxylic acids is 5. The molecule has 3 aromatic carbocycles. The molecule has 1 atom stereocenters. The van der Waals surface area contributed by atoms with Crippen LogP contribution in [0, 0.1) is 6.92 Å². The summed E-state index contributed by atoms with van der Waals surface area (Å²) in [7, 11) is 1.50. The molecule has 13 heteroatoms. The molecule has 2 aliphatic rings. The first-order chi connectivity index (χ1) is 21.2. The molecular weight excluding hydrogens is 590 g/mol. The minimum Gasteiger partial charge on any atom is -0.496 e. The summed E-state index contributed by atoms with van der Waals surface area (Å²) in [6, 6.07) is 12.3. The largest absolute Gasteiger partial charge is 0.496 e. The number of rotatable bonds is 10. The lowest BCUT2D eigenvalue weighted by atomic mass is 10.0. The van der Waals surface area contributed by atoms with Crippen LogP contribution in [0.5, 0.6) is 11.5 Å². The quantitative estimate of drug-likeness (QED) is 0.198. The van der Waals surface area contributed by atoms with Crippen LogP contribution in [0.1, 0.15) is 45.5 Å². The lowest BCUT2D eigenvalue weighted by Crippen LogP contribution is -2.52. The average molecular weight is 620 g/mol. The number of anilines is 2. The summed E-state index contributed by atoms with van der Waals surface area (Å²) in [6.45, 7) is 2.03. The fourth-order valence-electron chi connectivity index (χ4n) is 5.17. The number of carbonyl (C=O) groups is 5. The van der Waals surface area contributed by atoms with Crippen LogP contribution in [-0.2, 0) is 34.1 Å². The third kappa shape index (κ3) is 6.45. The van der Waals surface area contributed by atoms with Gasteiger partial charge in [-0.3, -0.25) is 24.5 Å². The van der Waals surface area contributed by atoms with E-state index in [1.807, 2.05) is 6.92 Å². The van der Waals surface area contributed by atoms with E-state index in [-0.39, 0.29) is 44.4 Å². The van der Waals surface area contributed by atoms with Gasteiger partial charge >= 0.3 is 6.03 Å². The van der Waals surface area contributed by atoms with Gasteiger partial charge in [0.15, 0.2) is 0 Å². The van der Waals surface area contributed by atoms with Gasteiger partial charge in [-0.25, -0.2) is 4.79 Å². The number of methoxy groups -OCH3 is 1. The Hall–Kier alpha value is -5.10. The molecule has 6 amide bonds. The summed E-state index contributed by atoms with van der Waals surface area (Å²) in [5.41, 5.74) is 4.13.